The van der Waals surface area contributed by atoms with Crippen LogP contribution in [0.4, 0.5) is 13.2 Å². The lowest BCUT2D eigenvalue weighted by molar-refractivity contribution is -0.108. The fourth-order valence-corrected chi connectivity index (χ4v) is 0.852. The molecule has 0 saturated carbocycles. The molecule has 0 heterocycles. The quantitative estimate of drug-likeness (QED) is 0.572. The molecule has 0 fully saturated rings. The first-order valence-electron chi connectivity index (χ1n) is 3.48. The van der Waals surface area contributed by atoms with Crippen LogP contribution < -0.4 is 0 Å². The lowest BCUT2D eigenvalue weighted by Crippen LogP contribution is -2.18. The molecule has 0 aliphatic heterocycles. The maximum absolute atomic E-state index is 12.1. The van der Waals surface area contributed by atoms with E-state index in [9.17, 15) is 13.2 Å². The van der Waals surface area contributed by atoms with Gasteiger partial charge in [-0.15, -0.1) is 0 Å². The van der Waals surface area contributed by atoms with Crippen LogP contribution in [0, 0.1) is 5.92 Å². The summed E-state index contributed by atoms with van der Waals surface area (Å²) in [5.74, 6) is -0.553. The molecule has 0 bridgehead atoms. The van der Waals surface area contributed by atoms with Crippen LogP contribution in [-0.4, -0.2) is 6.18 Å². The number of alkyl halides is 3. The van der Waals surface area contributed by atoms with Crippen molar-refractivity contribution in [3.63, 3.8) is 0 Å². The Kier molecular flexibility index (Phi) is 2.31. The van der Waals surface area contributed by atoms with Gasteiger partial charge in [0.15, 0.2) is 0 Å². The lowest BCUT2D eigenvalue weighted by atomic mass is 10.0. The number of benzene rings is 1. The maximum Gasteiger partial charge on any atom is 0.462 e. The van der Waals surface area contributed by atoms with Crippen molar-refractivity contribution >= 4 is 0 Å². The number of hydrogen-bond acceptors (Lipinski definition) is 0. The molecule has 1 aromatic rings. The maximum atomic E-state index is 12.1. The number of hydrogen-bond donors (Lipinski definition) is 0. The van der Waals surface area contributed by atoms with Crippen LogP contribution >= 0.6 is 0 Å². The van der Waals surface area contributed by atoms with Gasteiger partial charge >= 0.3 is 6.18 Å². The van der Waals surface area contributed by atoms with Crippen molar-refractivity contribution in [1.29, 1.82) is 0 Å². The number of rotatable bonds is 1. The molecule has 1 aromatic carbocycles. The van der Waals surface area contributed by atoms with E-state index in [1.807, 2.05) is 0 Å². The van der Waals surface area contributed by atoms with Gasteiger partial charge in [0.25, 0.3) is 0 Å². The summed E-state index contributed by atoms with van der Waals surface area (Å²) in [5, 5.41) is 0. The van der Waals surface area contributed by atoms with Crippen molar-refractivity contribution in [2.24, 2.45) is 0 Å². The highest BCUT2D eigenvalue weighted by Gasteiger charge is 2.43. The van der Waals surface area contributed by atoms with Gasteiger partial charge in [-0.05, 0) is 18.2 Å². The summed E-state index contributed by atoms with van der Waals surface area (Å²) in [6.45, 7) is 1.08. The van der Waals surface area contributed by atoms with E-state index in [1.165, 1.54) is 12.1 Å². The van der Waals surface area contributed by atoms with Crippen molar-refractivity contribution in [2.45, 2.75) is 13.1 Å². The van der Waals surface area contributed by atoms with Gasteiger partial charge in [-0.25, -0.2) is 0 Å². The Hall–Kier alpha value is -1.12. The molecule has 0 aliphatic carbocycles. The summed E-state index contributed by atoms with van der Waals surface area (Å²) < 4.78 is 36.3. The lowest BCUT2D eigenvalue weighted by Gasteiger charge is -2.07. The van der Waals surface area contributed by atoms with E-state index < -0.39 is 12.1 Å². The smallest absolute Gasteiger partial charge is 0.154 e. The van der Waals surface area contributed by atoms with Crippen molar-refractivity contribution in [2.75, 3.05) is 0 Å². The summed E-state index contributed by atoms with van der Waals surface area (Å²) in [5.41, 5.74) is 0.227. The average molecular weight is 173 g/mol. The van der Waals surface area contributed by atoms with E-state index in [0.717, 1.165) is 6.92 Å². The minimum Gasteiger partial charge on any atom is -0.154 e. The summed E-state index contributed by atoms with van der Waals surface area (Å²) in [6, 6.07) is 7.76. The Bertz CT molecular complexity index is 238. The van der Waals surface area contributed by atoms with Crippen LogP contribution in [0.3, 0.4) is 0 Å². The topological polar surface area (TPSA) is 0 Å². The van der Waals surface area contributed by atoms with Crippen molar-refractivity contribution in [3.05, 3.63) is 41.8 Å². The molecule has 0 atom stereocenters. The third-order valence-electron chi connectivity index (χ3n) is 1.63. The molecule has 0 N–H and O–H groups in total. The summed E-state index contributed by atoms with van der Waals surface area (Å²) in [6.07, 6.45) is -4.22. The highest BCUT2D eigenvalue weighted by Crippen LogP contribution is 2.32. The molecule has 0 spiro atoms. The standard InChI is InChI=1S/C9H8F3/c1-7(9(10,11)12)8-5-3-2-4-6-8/h2-6H,1H3/q+1. The van der Waals surface area contributed by atoms with Crippen molar-refractivity contribution < 1.29 is 13.2 Å². The van der Waals surface area contributed by atoms with Gasteiger partial charge in [0.1, 0.15) is 11.5 Å². The Morgan fingerprint density at radius 3 is 2.00 bits per heavy atom. The second-order valence-corrected chi connectivity index (χ2v) is 2.49. The van der Waals surface area contributed by atoms with Crippen LogP contribution in [0.1, 0.15) is 12.5 Å². The van der Waals surface area contributed by atoms with Crippen LogP contribution in [-0.2, 0) is 0 Å². The molecule has 12 heavy (non-hydrogen) atoms. The molecule has 0 saturated heterocycles. The highest BCUT2D eigenvalue weighted by atomic mass is 19.4. The average Bonchev–Trinajstić information content (AvgIpc) is 2.03. The first kappa shape index (κ1) is 8.97. The minimum atomic E-state index is -4.22. The normalized spacial score (nSPS) is 11.3. The molecule has 0 unspecified atom stereocenters. The van der Waals surface area contributed by atoms with Gasteiger partial charge in [-0.1, -0.05) is 0 Å². The molecular formula is C9H8F3+. The van der Waals surface area contributed by atoms with Gasteiger partial charge in [0.05, 0.1) is 0 Å². The third-order valence-corrected chi connectivity index (χ3v) is 1.63. The molecule has 0 aliphatic rings. The Morgan fingerprint density at radius 1 is 1.08 bits per heavy atom. The molecular weight excluding hydrogens is 165 g/mol. The van der Waals surface area contributed by atoms with Crippen LogP contribution in [0.25, 0.3) is 0 Å². The Morgan fingerprint density at radius 2 is 1.58 bits per heavy atom. The van der Waals surface area contributed by atoms with Gasteiger partial charge < -0.3 is 0 Å². The summed E-state index contributed by atoms with van der Waals surface area (Å²) in [4.78, 5) is 0. The highest BCUT2D eigenvalue weighted by molar-refractivity contribution is 5.31. The second-order valence-electron chi connectivity index (χ2n) is 2.49. The minimum absolute atomic E-state index is 0.227. The van der Waals surface area contributed by atoms with Gasteiger partial charge in [0, 0.05) is 19.1 Å². The van der Waals surface area contributed by atoms with E-state index in [2.05, 4.69) is 0 Å². The largest absolute Gasteiger partial charge is 0.462 e. The monoisotopic (exact) mass is 173 g/mol. The Labute approximate surface area is 69.0 Å². The van der Waals surface area contributed by atoms with Gasteiger partial charge in [-0.3, -0.25) is 0 Å². The van der Waals surface area contributed by atoms with Crippen LogP contribution in [0.2, 0.25) is 0 Å². The fraction of sp³-hybridized carbons (Fsp3) is 0.222. The van der Waals surface area contributed by atoms with Gasteiger partial charge in [-0.2, -0.15) is 13.2 Å². The molecule has 3 heteroatoms. The zero-order valence-electron chi connectivity index (χ0n) is 6.52. The summed E-state index contributed by atoms with van der Waals surface area (Å²) in [7, 11) is 0. The second kappa shape index (κ2) is 3.09. The molecule has 0 nitrogen and oxygen atoms in total. The SMILES string of the molecule is C[C+](c1ccccc1)C(F)(F)F. The zero-order chi connectivity index (χ0) is 9.19. The van der Waals surface area contributed by atoms with E-state index >= 15 is 0 Å². The number of halogens is 3. The van der Waals surface area contributed by atoms with E-state index in [0.29, 0.717) is 0 Å². The molecule has 64 valence electrons. The van der Waals surface area contributed by atoms with Gasteiger partial charge in [0.2, 0.25) is 0 Å². The zero-order valence-corrected chi connectivity index (χ0v) is 6.52. The molecule has 0 aromatic heterocycles. The predicted octanol–water partition coefficient (Wildman–Crippen LogP) is 3.19. The Balaban J connectivity index is 2.86. The molecule has 1 rings (SSSR count). The van der Waals surface area contributed by atoms with E-state index in [4.69, 9.17) is 0 Å². The van der Waals surface area contributed by atoms with E-state index in [1.54, 1.807) is 18.2 Å². The van der Waals surface area contributed by atoms with Crippen LogP contribution in [0.15, 0.2) is 30.3 Å². The first-order valence-corrected chi connectivity index (χ1v) is 3.48. The van der Waals surface area contributed by atoms with Crippen molar-refractivity contribution in [1.82, 2.24) is 0 Å². The van der Waals surface area contributed by atoms with Crippen LogP contribution in [0.5, 0.6) is 0 Å². The third kappa shape index (κ3) is 1.94. The molecule has 0 radical (unpaired) electrons. The van der Waals surface area contributed by atoms with E-state index in [-0.39, 0.29) is 5.56 Å². The molecule has 0 amide bonds. The fourth-order valence-electron chi connectivity index (χ4n) is 0.852. The predicted molar refractivity (Wildman–Crippen MR) is 40.5 cm³/mol. The van der Waals surface area contributed by atoms with Crippen molar-refractivity contribution in [3.8, 4) is 0 Å². The summed E-state index contributed by atoms with van der Waals surface area (Å²) >= 11 is 0. The first-order chi connectivity index (χ1) is 5.52.